The number of nitrogens with zero attached hydrogens (tertiary/aromatic N) is 4. The molecule has 0 spiro atoms. The van der Waals surface area contributed by atoms with Crippen molar-refractivity contribution in [3.05, 3.63) is 5.89 Å². The second kappa shape index (κ2) is 4.94. The van der Waals surface area contributed by atoms with Crippen molar-refractivity contribution < 1.29 is 9.63 Å². The third kappa shape index (κ3) is 2.49. The Kier molecular flexibility index (Phi) is 3.37. The van der Waals surface area contributed by atoms with Crippen LogP contribution in [0.3, 0.4) is 0 Å². The highest BCUT2D eigenvalue weighted by molar-refractivity contribution is 5.28. The topological polar surface area (TPSA) is 86.2 Å². The number of aromatic nitrogens is 2. The van der Waals surface area contributed by atoms with Gasteiger partial charge in [-0.1, -0.05) is 0 Å². The smallest absolute Gasteiger partial charge is 0.266 e. The number of hydrogen-bond acceptors (Lipinski definition) is 6. The molecule has 0 bridgehead atoms. The predicted octanol–water partition coefficient (Wildman–Crippen LogP) is 0.487. The van der Waals surface area contributed by atoms with Gasteiger partial charge in [0.15, 0.2) is 0 Å². The number of anilines is 1. The van der Waals surface area contributed by atoms with Crippen LogP contribution in [0.25, 0.3) is 0 Å². The van der Waals surface area contributed by atoms with Crippen LogP contribution in [-0.2, 0) is 6.42 Å². The van der Waals surface area contributed by atoms with Crippen LogP contribution in [0.2, 0.25) is 0 Å². The Morgan fingerprint density at radius 3 is 2.94 bits per heavy atom. The van der Waals surface area contributed by atoms with E-state index in [-0.39, 0.29) is 12.8 Å². The van der Waals surface area contributed by atoms with Crippen LogP contribution in [0.5, 0.6) is 0 Å². The molecule has 0 aromatic carbocycles. The zero-order chi connectivity index (χ0) is 11.4. The second-order valence-corrected chi connectivity index (χ2v) is 3.90. The van der Waals surface area contributed by atoms with Crippen molar-refractivity contribution in [2.75, 3.05) is 18.0 Å². The molecule has 6 heteroatoms. The van der Waals surface area contributed by atoms with Crippen LogP contribution in [0, 0.1) is 11.3 Å². The summed E-state index contributed by atoms with van der Waals surface area (Å²) in [4.78, 5) is 6.25. The normalized spacial score (nSPS) is 17.4. The molecule has 0 amide bonds. The summed E-state index contributed by atoms with van der Waals surface area (Å²) >= 11 is 0. The minimum atomic E-state index is -0.725. The molecule has 1 aliphatic heterocycles. The van der Waals surface area contributed by atoms with E-state index in [9.17, 15) is 5.11 Å². The molecule has 2 rings (SSSR count). The highest BCUT2D eigenvalue weighted by Crippen LogP contribution is 2.16. The van der Waals surface area contributed by atoms with Gasteiger partial charge < -0.3 is 14.5 Å². The van der Waals surface area contributed by atoms with E-state index in [1.807, 2.05) is 6.07 Å². The monoisotopic (exact) mass is 222 g/mol. The molecular weight excluding hydrogens is 208 g/mol. The Morgan fingerprint density at radius 1 is 1.50 bits per heavy atom. The molecule has 1 unspecified atom stereocenters. The Hall–Kier alpha value is -1.61. The average Bonchev–Trinajstić information content (AvgIpc) is 2.86. The van der Waals surface area contributed by atoms with E-state index in [1.165, 1.54) is 0 Å². The van der Waals surface area contributed by atoms with E-state index < -0.39 is 6.10 Å². The summed E-state index contributed by atoms with van der Waals surface area (Å²) in [6.07, 6.45) is 1.91. The van der Waals surface area contributed by atoms with Gasteiger partial charge in [0.05, 0.1) is 25.0 Å². The Balaban J connectivity index is 1.94. The minimum Gasteiger partial charge on any atom is -0.392 e. The summed E-state index contributed by atoms with van der Waals surface area (Å²) in [5, 5.41) is 21.7. The summed E-state index contributed by atoms with van der Waals surface area (Å²) in [5.41, 5.74) is 0. The first-order valence-electron chi connectivity index (χ1n) is 5.42. The van der Waals surface area contributed by atoms with Gasteiger partial charge in [0.25, 0.3) is 5.95 Å². The van der Waals surface area contributed by atoms with Gasteiger partial charge in [-0.05, 0) is 18.0 Å². The van der Waals surface area contributed by atoms with Crippen molar-refractivity contribution in [3.8, 4) is 6.07 Å². The molecule has 86 valence electrons. The average molecular weight is 222 g/mol. The number of rotatable bonds is 4. The van der Waals surface area contributed by atoms with Crippen molar-refractivity contribution in [2.45, 2.75) is 31.8 Å². The van der Waals surface area contributed by atoms with Gasteiger partial charge in [-0.15, -0.1) is 0 Å². The van der Waals surface area contributed by atoms with Gasteiger partial charge >= 0.3 is 0 Å². The fraction of sp³-hybridized carbons (Fsp3) is 0.700. The summed E-state index contributed by atoms with van der Waals surface area (Å²) in [6, 6.07) is 1.90. The standard InChI is InChI=1S/C10H14N4O2/c11-4-3-8(15)7-9-12-10(13-16-9)14-5-1-2-6-14/h8,15H,1-3,5-7H2. The molecule has 1 aliphatic rings. The van der Waals surface area contributed by atoms with E-state index >= 15 is 0 Å². The van der Waals surface area contributed by atoms with Gasteiger partial charge in [0, 0.05) is 13.1 Å². The SMILES string of the molecule is N#CCC(O)Cc1nc(N2CCCC2)no1. The summed E-state index contributed by atoms with van der Waals surface area (Å²) < 4.78 is 5.02. The van der Waals surface area contributed by atoms with Gasteiger partial charge in [0.2, 0.25) is 5.89 Å². The zero-order valence-electron chi connectivity index (χ0n) is 8.96. The van der Waals surface area contributed by atoms with Gasteiger partial charge in [-0.3, -0.25) is 0 Å². The Morgan fingerprint density at radius 2 is 2.25 bits per heavy atom. The summed E-state index contributed by atoms with van der Waals surface area (Å²) in [6.45, 7) is 1.92. The lowest BCUT2D eigenvalue weighted by atomic mass is 10.2. The predicted molar refractivity (Wildman–Crippen MR) is 55.7 cm³/mol. The van der Waals surface area contributed by atoms with Crippen molar-refractivity contribution in [2.24, 2.45) is 0 Å². The lowest BCUT2D eigenvalue weighted by molar-refractivity contribution is 0.167. The van der Waals surface area contributed by atoms with Gasteiger partial charge in [-0.2, -0.15) is 10.2 Å². The van der Waals surface area contributed by atoms with Gasteiger partial charge in [-0.25, -0.2) is 0 Å². The highest BCUT2D eigenvalue weighted by Gasteiger charge is 2.19. The molecule has 2 heterocycles. The lowest BCUT2D eigenvalue weighted by Gasteiger charge is -2.09. The number of hydrogen-bond donors (Lipinski definition) is 1. The molecule has 0 radical (unpaired) electrons. The van der Waals surface area contributed by atoms with Crippen LogP contribution >= 0.6 is 0 Å². The first-order chi connectivity index (χ1) is 7.79. The van der Waals surface area contributed by atoms with E-state index in [1.54, 1.807) is 0 Å². The quantitative estimate of drug-likeness (QED) is 0.797. The molecular formula is C10H14N4O2. The van der Waals surface area contributed by atoms with Crippen molar-refractivity contribution in [3.63, 3.8) is 0 Å². The van der Waals surface area contributed by atoms with Crippen LogP contribution < -0.4 is 4.90 Å². The van der Waals surface area contributed by atoms with E-state index in [4.69, 9.17) is 9.78 Å². The van der Waals surface area contributed by atoms with E-state index in [0.717, 1.165) is 25.9 Å². The molecule has 16 heavy (non-hydrogen) atoms. The van der Waals surface area contributed by atoms with Gasteiger partial charge in [0.1, 0.15) is 0 Å². The molecule has 1 fully saturated rings. The molecule has 1 N–H and O–H groups in total. The zero-order valence-corrected chi connectivity index (χ0v) is 8.96. The van der Waals surface area contributed by atoms with Crippen molar-refractivity contribution >= 4 is 5.95 Å². The minimum absolute atomic E-state index is 0.0847. The summed E-state index contributed by atoms with van der Waals surface area (Å²) in [5.74, 6) is 0.987. The molecule has 1 aromatic rings. The first-order valence-corrected chi connectivity index (χ1v) is 5.42. The van der Waals surface area contributed by atoms with Crippen LogP contribution in [0.1, 0.15) is 25.2 Å². The molecule has 0 saturated carbocycles. The van der Waals surface area contributed by atoms with Crippen LogP contribution in [0.4, 0.5) is 5.95 Å². The fourth-order valence-electron chi connectivity index (χ4n) is 1.75. The number of aliphatic hydroxyl groups is 1. The summed E-state index contributed by atoms with van der Waals surface area (Å²) in [7, 11) is 0. The lowest BCUT2D eigenvalue weighted by Crippen LogP contribution is -2.19. The third-order valence-corrected chi connectivity index (χ3v) is 2.58. The van der Waals surface area contributed by atoms with E-state index in [2.05, 4.69) is 15.0 Å². The number of aliphatic hydroxyl groups excluding tert-OH is 1. The van der Waals surface area contributed by atoms with Crippen LogP contribution in [-0.4, -0.2) is 34.4 Å². The number of nitriles is 1. The molecule has 1 aromatic heterocycles. The van der Waals surface area contributed by atoms with Crippen molar-refractivity contribution in [1.82, 2.24) is 10.1 Å². The molecule has 1 saturated heterocycles. The van der Waals surface area contributed by atoms with Crippen molar-refractivity contribution in [1.29, 1.82) is 5.26 Å². The molecule has 6 nitrogen and oxygen atoms in total. The van der Waals surface area contributed by atoms with Crippen LogP contribution in [0.15, 0.2) is 4.52 Å². The Labute approximate surface area is 93.5 Å². The molecule has 0 aliphatic carbocycles. The van der Waals surface area contributed by atoms with E-state index in [0.29, 0.717) is 11.8 Å². The first kappa shape index (κ1) is 10.9. The third-order valence-electron chi connectivity index (χ3n) is 2.58. The second-order valence-electron chi connectivity index (χ2n) is 3.90. The maximum atomic E-state index is 9.41. The largest absolute Gasteiger partial charge is 0.392 e. The maximum Gasteiger partial charge on any atom is 0.266 e. The Bertz CT molecular complexity index is 378. The molecule has 1 atom stereocenters. The highest BCUT2D eigenvalue weighted by atomic mass is 16.5. The maximum absolute atomic E-state index is 9.41. The fourth-order valence-corrected chi connectivity index (χ4v) is 1.75.